The van der Waals surface area contributed by atoms with Gasteiger partial charge in [0, 0.05) is 23.7 Å². The summed E-state index contributed by atoms with van der Waals surface area (Å²) in [4.78, 5) is 36.0. The van der Waals surface area contributed by atoms with E-state index in [9.17, 15) is 19.5 Å². The summed E-state index contributed by atoms with van der Waals surface area (Å²) >= 11 is 0. The molecule has 3 N–H and O–H groups in total. The highest BCUT2D eigenvalue weighted by Crippen LogP contribution is 2.21. The first-order valence-corrected chi connectivity index (χ1v) is 9.35. The number of ether oxygens (including phenoxy) is 1. The van der Waals surface area contributed by atoms with Crippen molar-refractivity contribution >= 4 is 17.8 Å². The minimum atomic E-state index is -1.00. The molecule has 1 atom stereocenters. The molecule has 0 spiro atoms. The van der Waals surface area contributed by atoms with Crippen LogP contribution in [-0.4, -0.2) is 42.6 Å². The zero-order valence-corrected chi connectivity index (χ0v) is 16.8. The van der Waals surface area contributed by atoms with Crippen LogP contribution in [0.1, 0.15) is 40.1 Å². The Kier molecular flexibility index (Phi) is 7.77. The standard InChI is InChI=1S/C22H26N2O5/c1-14(2)24-21(26)16-10-8-15(9-11-16)20(25)23-13-18(22(27)28)12-17-6-4-5-7-19(17)29-3/h4-11,14,18H,12-13H2,1-3H3,(H,23,25)(H,24,26)(H,27,28). The SMILES string of the molecule is COc1ccccc1CC(CNC(=O)c1ccc(C(=O)NC(C)C)cc1)C(=O)O. The van der Waals surface area contributed by atoms with Gasteiger partial charge >= 0.3 is 5.97 Å². The van der Waals surface area contributed by atoms with Crippen molar-refractivity contribution in [2.75, 3.05) is 13.7 Å². The number of para-hydroxylation sites is 1. The lowest BCUT2D eigenvalue weighted by molar-refractivity contribution is -0.141. The Bertz CT molecular complexity index is 862. The minimum Gasteiger partial charge on any atom is -0.496 e. The Balaban J connectivity index is 2.00. The molecule has 0 aliphatic heterocycles. The van der Waals surface area contributed by atoms with Crippen molar-refractivity contribution in [3.63, 3.8) is 0 Å². The van der Waals surface area contributed by atoms with E-state index in [0.717, 1.165) is 5.56 Å². The number of aliphatic carboxylic acids is 1. The molecule has 2 amide bonds. The Morgan fingerprint density at radius 1 is 0.966 bits per heavy atom. The predicted molar refractivity (Wildman–Crippen MR) is 109 cm³/mol. The second-order valence-electron chi connectivity index (χ2n) is 6.97. The van der Waals surface area contributed by atoms with Crippen molar-refractivity contribution in [2.45, 2.75) is 26.3 Å². The number of carbonyl (C=O) groups is 3. The van der Waals surface area contributed by atoms with Gasteiger partial charge in [0.25, 0.3) is 11.8 Å². The molecule has 2 aromatic carbocycles. The molecule has 7 nitrogen and oxygen atoms in total. The summed E-state index contributed by atoms with van der Waals surface area (Å²) in [5.41, 5.74) is 1.57. The summed E-state index contributed by atoms with van der Waals surface area (Å²) in [6.45, 7) is 3.70. The molecule has 1 unspecified atom stereocenters. The largest absolute Gasteiger partial charge is 0.496 e. The van der Waals surface area contributed by atoms with Gasteiger partial charge < -0.3 is 20.5 Å². The number of carbonyl (C=O) groups excluding carboxylic acids is 2. The molecule has 29 heavy (non-hydrogen) atoms. The second kappa shape index (κ2) is 10.3. The molecule has 0 aromatic heterocycles. The van der Waals surface area contributed by atoms with E-state index in [1.165, 1.54) is 7.11 Å². The number of hydrogen-bond acceptors (Lipinski definition) is 4. The van der Waals surface area contributed by atoms with Gasteiger partial charge in [-0.3, -0.25) is 14.4 Å². The van der Waals surface area contributed by atoms with Crippen LogP contribution in [0.15, 0.2) is 48.5 Å². The Morgan fingerprint density at radius 2 is 1.55 bits per heavy atom. The van der Waals surface area contributed by atoms with Gasteiger partial charge in [0.05, 0.1) is 13.0 Å². The molecule has 0 radical (unpaired) electrons. The van der Waals surface area contributed by atoms with Crippen LogP contribution in [0.4, 0.5) is 0 Å². The normalized spacial score (nSPS) is 11.6. The van der Waals surface area contributed by atoms with Gasteiger partial charge in [0.2, 0.25) is 0 Å². The van der Waals surface area contributed by atoms with Crippen LogP contribution in [0, 0.1) is 5.92 Å². The van der Waals surface area contributed by atoms with Crippen LogP contribution in [0.25, 0.3) is 0 Å². The van der Waals surface area contributed by atoms with Crippen molar-refractivity contribution in [3.8, 4) is 5.75 Å². The molecular weight excluding hydrogens is 372 g/mol. The first-order chi connectivity index (χ1) is 13.8. The molecule has 154 valence electrons. The number of carboxylic acids is 1. The highest BCUT2D eigenvalue weighted by molar-refractivity contribution is 5.98. The fraction of sp³-hybridized carbons (Fsp3) is 0.318. The van der Waals surface area contributed by atoms with E-state index in [0.29, 0.717) is 16.9 Å². The van der Waals surface area contributed by atoms with Crippen LogP contribution < -0.4 is 15.4 Å². The third-order valence-corrected chi connectivity index (χ3v) is 4.35. The van der Waals surface area contributed by atoms with Crippen LogP contribution in [0.5, 0.6) is 5.75 Å². The summed E-state index contributed by atoms with van der Waals surface area (Å²) in [6.07, 6.45) is 0.230. The molecule has 0 fully saturated rings. The van der Waals surface area contributed by atoms with Gasteiger partial charge in [0.15, 0.2) is 0 Å². The van der Waals surface area contributed by atoms with Gasteiger partial charge in [-0.1, -0.05) is 18.2 Å². The topological polar surface area (TPSA) is 105 Å². The lowest BCUT2D eigenvalue weighted by Crippen LogP contribution is -2.34. The number of benzene rings is 2. The number of carboxylic acid groups (broad SMARTS) is 1. The second-order valence-corrected chi connectivity index (χ2v) is 6.97. The number of methoxy groups -OCH3 is 1. The zero-order valence-electron chi connectivity index (χ0n) is 16.8. The van der Waals surface area contributed by atoms with Gasteiger partial charge in [0.1, 0.15) is 5.75 Å². The molecule has 2 rings (SSSR count). The monoisotopic (exact) mass is 398 g/mol. The van der Waals surface area contributed by atoms with E-state index >= 15 is 0 Å². The van der Waals surface area contributed by atoms with E-state index in [1.807, 2.05) is 26.0 Å². The van der Waals surface area contributed by atoms with Gasteiger partial charge in [-0.15, -0.1) is 0 Å². The van der Waals surface area contributed by atoms with E-state index in [-0.39, 0.29) is 24.9 Å². The highest BCUT2D eigenvalue weighted by atomic mass is 16.5. The molecule has 2 aromatic rings. The molecule has 0 aliphatic rings. The van der Waals surface area contributed by atoms with Crippen molar-refractivity contribution in [2.24, 2.45) is 5.92 Å². The molecular formula is C22H26N2O5. The number of hydrogen-bond donors (Lipinski definition) is 3. The maximum Gasteiger partial charge on any atom is 0.308 e. The average molecular weight is 398 g/mol. The zero-order chi connectivity index (χ0) is 21.4. The third-order valence-electron chi connectivity index (χ3n) is 4.35. The highest BCUT2D eigenvalue weighted by Gasteiger charge is 2.21. The third kappa shape index (κ3) is 6.34. The summed E-state index contributed by atoms with van der Waals surface area (Å²) in [6, 6.07) is 13.4. The van der Waals surface area contributed by atoms with Crippen LogP contribution in [0.3, 0.4) is 0 Å². The van der Waals surface area contributed by atoms with E-state index in [1.54, 1.807) is 36.4 Å². The Labute approximate surface area is 170 Å². The number of nitrogens with one attached hydrogen (secondary N) is 2. The Hall–Kier alpha value is -3.35. The summed E-state index contributed by atoms with van der Waals surface area (Å²) in [5, 5.41) is 15.0. The molecule has 0 heterocycles. The fourth-order valence-electron chi connectivity index (χ4n) is 2.82. The van der Waals surface area contributed by atoms with Crippen molar-refractivity contribution in [3.05, 3.63) is 65.2 Å². The van der Waals surface area contributed by atoms with Gasteiger partial charge in [-0.25, -0.2) is 0 Å². The van der Waals surface area contributed by atoms with E-state index in [4.69, 9.17) is 4.74 Å². The lowest BCUT2D eigenvalue weighted by atomic mass is 9.98. The van der Waals surface area contributed by atoms with Crippen LogP contribution >= 0.6 is 0 Å². The molecule has 7 heteroatoms. The lowest BCUT2D eigenvalue weighted by Gasteiger charge is -2.15. The maximum absolute atomic E-state index is 12.4. The predicted octanol–water partition coefficient (Wildman–Crippen LogP) is 2.51. The number of amides is 2. The summed E-state index contributed by atoms with van der Waals surface area (Å²) in [5.74, 6) is -1.80. The quantitative estimate of drug-likeness (QED) is 0.602. The van der Waals surface area contributed by atoms with E-state index < -0.39 is 17.8 Å². The molecule has 0 aliphatic carbocycles. The molecule has 0 saturated carbocycles. The van der Waals surface area contributed by atoms with Gasteiger partial charge in [-0.2, -0.15) is 0 Å². The minimum absolute atomic E-state index is 0.0154. The first kappa shape index (κ1) is 21.9. The van der Waals surface area contributed by atoms with Crippen LogP contribution in [-0.2, 0) is 11.2 Å². The summed E-state index contributed by atoms with van der Waals surface area (Å²) in [7, 11) is 1.53. The first-order valence-electron chi connectivity index (χ1n) is 9.35. The van der Waals surface area contributed by atoms with Gasteiger partial charge in [-0.05, 0) is 56.2 Å². The smallest absolute Gasteiger partial charge is 0.308 e. The van der Waals surface area contributed by atoms with Crippen molar-refractivity contribution in [1.82, 2.24) is 10.6 Å². The molecule has 0 saturated heterocycles. The summed E-state index contributed by atoms with van der Waals surface area (Å²) < 4.78 is 5.26. The Morgan fingerprint density at radius 3 is 2.10 bits per heavy atom. The van der Waals surface area contributed by atoms with E-state index in [2.05, 4.69) is 10.6 Å². The fourth-order valence-corrected chi connectivity index (χ4v) is 2.82. The van der Waals surface area contributed by atoms with Crippen molar-refractivity contribution < 1.29 is 24.2 Å². The molecule has 0 bridgehead atoms. The average Bonchev–Trinajstić information content (AvgIpc) is 2.70. The van der Waals surface area contributed by atoms with Crippen LogP contribution in [0.2, 0.25) is 0 Å². The maximum atomic E-state index is 12.4. The number of rotatable bonds is 9. The van der Waals surface area contributed by atoms with Crippen molar-refractivity contribution in [1.29, 1.82) is 0 Å².